The van der Waals surface area contributed by atoms with Crippen molar-refractivity contribution in [2.45, 2.75) is 149 Å². The molecule has 21 heteroatoms. The van der Waals surface area contributed by atoms with Crippen LogP contribution in [0.25, 0.3) is 0 Å². The highest BCUT2D eigenvalue weighted by Crippen LogP contribution is 2.36. The third-order valence-electron chi connectivity index (χ3n) is 17.4. The van der Waals surface area contributed by atoms with E-state index in [1.54, 1.807) is 37.8 Å². The molecule has 20 nitrogen and oxygen atoms in total. The number of hydrogen-bond donors (Lipinski definition) is 3. The Labute approximate surface area is 566 Å². The van der Waals surface area contributed by atoms with Crippen LogP contribution in [0.3, 0.4) is 0 Å². The number of nitrogens with one attached hydrogen (secondary N) is 3. The van der Waals surface area contributed by atoms with Crippen molar-refractivity contribution in [2.75, 3.05) is 26.2 Å². The zero-order valence-corrected chi connectivity index (χ0v) is 56.1. The SMILES string of the molecule is CC(C)NC(=O)N1CCC2C(C#Cc3cccc(Cl)c3)=NOC21.Cc1cccc(C#CC2=NOC3C2CCN3C(=O)NC(C)(C)C)c1.Cc1cccc(C#CC2=NOC3C2CCN3C(=O)NC2CCCC2)c1.Cc1cccc(C#CC2=NOC3C2CCN3C(=O)c2ccoc2)c1. The van der Waals surface area contributed by atoms with Gasteiger partial charge < -0.3 is 44.6 Å². The highest BCUT2D eigenvalue weighted by Gasteiger charge is 2.49. The summed E-state index contributed by atoms with van der Waals surface area (Å²) in [5.41, 5.74) is 10.4. The van der Waals surface area contributed by atoms with Crippen LogP contribution >= 0.6 is 11.6 Å². The van der Waals surface area contributed by atoms with Crippen LogP contribution in [0.4, 0.5) is 14.4 Å². The molecule has 4 saturated heterocycles. The molecule has 14 rings (SSSR count). The summed E-state index contributed by atoms with van der Waals surface area (Å²) in [6.07, 6.45) is 9.43. The molecular formula is C75H80ClN11O9. The Bertz CT molecular complexity index is 4110. The molecule has 1 saturated carbocycles. The average Bonchev–Trinajstić information content (AvgIpc) is 1.67. The first-order valence-electron chi connectivity index (χ1n) is 32.9. The Morgan fingerprint density at radius 2 is 0.885 bits per heavy atom. The van der Waals surface area contributed by atoms with Crippen molar-refractivity contribution < 1.29 is 42.9 Å². The summed E-state index contributed by atoms with van der Waals surface area (Å²) >= 11 is 5.95. The topological polar surface area (TPSA) is 217 Å². The molecule has 9 heterocycles. The fourth-order valence-electron chi connectivity index (χ4n) is 12.6. The summed E-state index contributed by atoms with van der Waals surface area (Å²) in [5, 5.41) is 26.0. The number of likely N-dealkylation sites (tertiary alicyclic amines) is 4. The van der Waals surface area contributed by atoms with E-state index in [-0.39, 0.29) is 84.2 Å². The Kier molecular flexibility index (Phi) is 21.4. The Balaban J connectivity index is 0.000000130. The summed E-state index contributed by atoms with van der Waals surface area (Å²) in [4.78, 5) is 78.4. The van der Waals surface area contributed by atoms with Crippen LogP contribution in [0.2, 0.25) is 5.02 Å². The van der Waals surface area contributed by atoms with Crippen molar-refractivity contribution in [3.63, 3.8) is 0 Å². The van der Waals surface area contributed by atoms with Crippen LogP contribution in [0.5, 0.6) is 0 Å². The van der Waals surface area contributed by atoms with Gasteiger partial charge in [-0.15, -0.1) is 0 Å². The number of furan rings is 1. The Morgan fingerprint density at radius 1 is 0.500 bits per heavy atom. The normalized spacial score (nSPS) is 22.7. The number of benzene rings is 4. The average molecular weight is 1310 g/mol. The van der Waals surface area contributed by atoms with Gasteiger partial charge in [0.1, 0.15) is 29.1 Å². The number of amides is 7. The maximum absolute atomic E-state index is 12.5. The minimum atomic E-state index is -0.366. The van der Waals surface area contributed by atoms with E-state index in [1.807, 2.05) is 121 Å². The summed E-state index contributed by atoms with van der Waals surface area (Å²) in [6, 6.07) is 33.3. The van der Waals surface area contributed by atoms with Gasteiger partial charge >= 0.3 is 18.1 Å². The molecule has 0 spiro atoms. The monoisotopic (exact) mass is 1310 g/mol. The molecule has 8 unspecified atom stereocenters. The van der Waals surface area contributed by atoms with E-state index in [9.17, 15) is 19.2 Å². The molecule has 3 N–H and O–H groups in total. The van der Waals surface area contributed by atoms with Gasteiger partial charge in [-0.3, -0.25) is 19.5 Å². The smallest absolute Gasteiger partial charge is 0.320 e. The van der Waals surface area contributed by atoms with E-state index in [1.165, 1.54) is 42.1 Å². The van der Waals surface area contributed by atoms with Crippen molar-refractivity contribution in [1.29, 1.82) is 0 Å². The molecule has 5 aromatic rings. The lowest BCUT2D eigenvalue weighted by Gasteiger charge is -2.27. The minimum Gasteiger partial charge on any atom is -0.472 e. The van der Waals surface area contributed by atoms with Crippen LogP contribution in [-0.4, -0.2) is 135 Å². The molecule has 0 bridgehead atoms. The predicted molar refractivity (Wildman–Crippen MR) is 367 cm³/mol. The first-order chi connectivity index (χ1) is 46.3. The third-order valence-corrected chi connectivity index (χ3v) is 17.6. The molecule has 7 amide bonds. The van der Waals surface area contributed by atoms with Gasteiger partial charge in [0.25, 0.3) is 5.91 Å². The second-order valence-corrected chi connectivity index (χ2v) is 26.8. The lowest BCUT2D eigenvalue weighted by Crippen LogP contribution is -2.50. The molecule has 8 aliphatic heterocycles. The molecule has 5 fully saturated rings. The molecule has 96 heavy (non-hydrogen) atoms. The third kappa shape index (κ3) is 16.8. The first-order valence-corrected chi connectivity index (χ1v) is 33.2. The molecule has 9 aliphatic rings. The molecule has 1 aromatic heterocycles. The van der Waals surface area contributed by atoms with E-state index in [2.05, 4.69) is 103 Å². The van der Waals surface area contributed by atoms with Gasteiger partial charge in [0, 0.05) is 71.1 Å². The van der Waals surface area contributed by atoms with Gasteiger partial charge in [-0.1, -0.05) is 111 Å². The Morgan fingerprint density at radius 3 is 1.27 bits per heavy atom. The highest BCUT2D eigenvalue weighted by atomic mass is 35.5. The number of halogens is 1. The van der Waals surface area contributed by atoms with E-state index < -0.39 is 0 Å². The van der Waals surface area contributed by atoms with E-state index >= 15 is 0 Å². The van der Waals surface area contributed by atoms with Gasteiger partial charge in [0.15, 0.2) is 0 Å². The predicted octanol–water partition coefficient (Wildman–Crippen LogP) is 11.6. The van der Waals surface area contributed by atoms with Crippen LogP contribution in [0.15, 0.2) is 141 Å². The number of fused-ring (bicyclic) bond motifs is 4. The first kappa shape index (κ1) is 67.3. The second kappa shape index (κ2) is 30.5. The standard InChI is InChI=1S/C20H23N3O2.C19H23N3O2.C19H16N2O3.C17H18ClN3O2/c1-14-5-4-6-15(13-14)9-10-18-17-11-12-23(19(17)25-22-18)20(24)21-16-7-2-3-8-16;1-13-6-5-7-14(12-13)8-9-16-15-10-11-22(17(15)24-21-16)18(23)20-19(2,3)4;1-13-3-2-4-14(11-13)5-6-17-16-7-9-21(19(16)24-20-17)18(22)15-8-10-23-12-15;1-11(2)19-17(22)21-9-8-14-15(20-23-16(14)21)7-6-12-4-3-5-13(18)10-12/h4-6,13,16-17,19H,2-3,7-8,11-12H2,1H3,(H,21,24);5-7,12,15,17H,10-11H2,1-4H3,(H,20,23);2-4,8,10-12,16,19H,7,9H2,1H3;3-5,10-11,14,16H,8-9H2,1-2H3,(H,19,22). The maximum Gasteiger partial charge on any atom is 0.320 e. The number of oxime groups is 4. The molecule has 4 aromatic carbocycles. The molecular weight excluding hydrogens is 1230 g/mol. The largest absolute Gasteiger partial charge is 0.472 e. The highest BCUT2D eigenvalue weighted by molar-refractivity contribution is 6.30. The molecule has 8 atom stereocenters. The van der Waals surface area contributed by atoms with Crippen molar-refractivity contribution in [2.24, 2.45) is 44.3 Å². The van der Waals surface area contributed by atoms with Gasteiger partial charge in [0.05, 0.1) is 35.5 Å². The van der Waals surface area contributed by atoms with Gasteiger partial charge in [-0.25, -0.2) is 14.4 Å². The summed E-state index contributed by atoms with van der Waals surface area (Å²) in [6.45, 7) is 18.5. The van der Waals surface area contributed by atoms with Crippen molar-refractivity contribution in [1.82, 2.24) is 35.6 Å². The van der Waals surface area contributed by atoms with Crippen molar-refractivity contribution in [3.05, 3.63) is 165 Å². The molecule has 1 aliphatic carbocycles. The molecule has 0 radical (unpaired) electrons. The van der Waals surface area contributed by atoms with Gasteiger partial charge in [-0.05, 0) is 195 Å². The van der Waals surface area contributed by atoms with Gasteiger partial charge in [-0.2, -0.15) is 0 Å². The summed E-state index contributed by atoms with van der Waals surface area (Å²) in [7, 11) is 0. The zero-order chi connectivity index (χ0) is 67.5. The zero-order valence-electron chi connectivity index (χ0n) is 55.4. The van der Waals surface area contributed by atoms with E-state index in [0.29, 0.717) is 54.2 Å². The lowest BCUT2D eigenvalue weighted by atomic mass is 10.0. The van der Waals surface area contributed by atoms with E-state index in [4.69, 9.17) is 35.4 Å². The fourth-order valence-corrected chi connectivity index (χ4v) is 12.8. The summed E-state index contributed by atoms with van der Waals surface area (Å²) in [5.74, 6) is 25.1. The fraction of sp³-hybridized carbons (Fsp3) is 0.413. The number of nitrogens with zero attached hydrogens (tertiary/aromatic N) is 8. The number of carbonyl (C=O) groups is 4. The quantitative estimate of drug-likeness (QED) is 0.146. The van der Waals surface area contributed by atoms with E-state index in [0.717, 1.165) is 72.2 Å². The van der Waals surface area contributed by atoms with Crippen molar-refractivity contribution in [3.8, 4) is 47.4 Å². The van der Waals surface area contributed by atoms with Crippen LogP contribution < -0.4 is 16.0 Å². The Hall–Kier alpha value is -10.2. The number of rotatable bonds is 3. The number of carbonyl (C=O) groups excluding carboxylic acids is 4. The summed E-state index contributed by atoms with van der Waals surface area (Å²) < 4.78 is 4.99. The molecule has 496 valence electrons. The second-order valence-electron chi connectivity index (χ2n) is 26.4. The number of hydrogen-bond acceptors (Lipinski definition) is 13. The minimum absolute atomic E-state index is 0.0255. The van der Waals surface area contributed by atoms with Crippen molar-refractivity contribution >= 4 is 58.4 Å². The number of urea groups is 3. The van der Waals surface area contributed by atoms with Crippen LogP contribution in [0.1, 0.15) is 135 Å². The van der Waals surface area contributed by atoms with Gasteiger partial charge in [0.2, 0.25) is 24.9 Å². The van der Waals surface area contributed by atoms with Crippen LogP contribution in [-0.2, 0) is 19.4 Å². The maximum atomic E-state index is 12.5. The number of aryl methyl sites for hydroxylation is 3. The van der Waals surface area contributed by atoms with Crippen LogP contribution in [0, 0.1) is 91.8 Å². The lowest BCUT2D eigenvalue weighted by molar-refractivity contribution is -0.0173.